The molecule has 1 aliphatic rings. The van der Waals surface area contributed by atoms with Gasteiger partial charge in [0, 0.05) is 21.9 Å². The van der Waals surface area contributed by atoms with Crippen LogP contribution in [0.25, 0.3) is 5.57 Å². The van der Waals surface area contributed by atoms with Crippen LogP contribution in [0, 0.1) is 0 Å². The van der Waals surface area contributed by atoms with Gasteiger partial charge in [-0.25, -0.2) is 0 Å². The average Bonchev–Trinajstić information content (AvgIpc) is 2.80. The van der Waals surface area contributed by atoms with E-state index in [2.05, 4.69) is 26.6 Å². The second-order valence-electron chi connectivity index (χ2n) is 4.70. The molecule has 1 aliphatic heterocycles. The summed E-state index contributed by atoms with van der Waals surface area (Å²) in [7, 11) is 0. The van der Waals surface area contributed by atoms with E-state index in [1.807, 2.05) is 42.5 Å². The number of fused-ring (bicyclic) bond motifs is 1. The molecule has 0 bridgehead atoms. The van der Waals surface area contributed by atoms with Crippen molar-refractivity contribution in [3.05, 3.63) is 64.3 Å². The molecule has 0 radical (unpaired) electrons. The molecule has 3 N–H and O–H groups in total. The van der Waals surface area contributed by atoms with Gasteiger partial charge in [-0.3, -0.25) is 4.79 Å². The Bertz CT molecular complexity index is 741. The number of halogens is 1. The molecule has 21 heavy (non-hydrogen) atoms. The molecule has 1 amide bonds. The van der Waals surface area contributed by atoms with Gasteiger partial charge in [0.2, 0.25) is 0 Å². The summed E-state index contributed by atoms with van der Waals surface area (Å²) >= 11 is 3.39. The summed E-state index contributed by atoms with van der Waals surface area (Å²) in [5, 5.41) is 15.1. The zero-order valence-electron chi connectivity index (χ0n) is 11.1. The molecule has 3 rings (SSSR count). The van der Waals surface area contributed by atoms with E-state index < -0.39 is 0 Å². The quantitative estimate of drug-likeness (QED) is 0.748. The third-order valence-electron chi connectivity index (χ3n) is 3.26. The van der Waals surface area contributed by atoms with Gasteiger partial charge in [-0.15, -0.1) is 0 Å². The third kappa shape index (κ3) is 2.84. The van der Waals surface area contributed by atoms with Crippen LogP contribution in [0.2, 0.25) is 0 Å². The Morgan fingerprint density at radius 2 is 2.10 bits per heavy atom. The van der Waals surface area contributed by atoms with Crippen molar-refractivity contribution in [2.24, 2.45) is 0 Å². The Labute approximate surface area is 130 Å². The first-order chi connectivity index (χ1) is 10.2. The van der Waals surface area contributed by atoms with Gasteiger partial charge in [0.1, 0.15) is 0 Å². The van der Waals surface area contributed by atoms with Crippen LogP contribution in [-0.4, -0.2) is 11.0 Å². The van der Waals surface area contributed by atoms with Crippen molar-refractivity contribution < 1.29 is 9.90 Å². The highest BCUT2D eigenvalue weighted by atomic mass is 79.9. The molecule has 1 heterocycles. The lowest BCUT2D eigenvalue weighted by Gasteiger charge is -2.04. The van der Waals surface area contributed by atoms with Crippen molar-refractivity contribution in [1.82, 2.24) is 0 Å². The summed E-state index contributed by atoms with van der Waals surface area (Å²) in [5.41, 5.74) is 3.90. The van der Waals surface area contributed by atoms with Gasteiger partial charge in [-0.05, 0) is 29.8 Å². The maximum Gasteiger partial charge on any atom is 0.257 e. The Kier molecular flexibility index (Phi) is 3.77. The molecule has 0 unspecified atom stereocenters. The molecular formula is C16H13BrN2O2. The number of carbonyl (C=O) groups is 1. The summed E-state index contributed by atoms with van der Waals surface area (Å²) in [5.74, 6) is -0.131. The number of nitrogens with one attached hydrogen (secondary N) is 2. The van der Waals surface area contributed by atoms with Crippen molar-refractivity contribution in [3.63, 3.8) is 0 Å². The first-order valence-electron chi connectivity index (χ1n) is 6.45. The number of rotatable bonds is 3. The molecular weight excluding hydrogens is 332 g/mol. The van der Waals surface area contributed by atoms with Crippen molar-refractivity contribution in [3.8, 4) is 0 Å². The molecule has 0 atom stereocenters. The fourth-order valence-electron chi connectivity index (χ4n) is 2.22. The molecule has 106 valence electrons. The molecule has 0 aliphatic carbocycles. The lowest BCUT2D eigenvalue weighted by molar-refractivity contribution is -0.110. The van der Waals surface area contributed by atoms with E-state index in [0.717, 1.165) is 27.0 Å². The van der Waals surface area contributed by atoms with E-state index in [9.17, 15) is 4.79 Å². The zero-order chi connectivity index (χ0) is 14.8. The summed E-state index contributed by atoms with van der Waals surface area (Å²) in [6.07, 6.45) is 1.69. The molecule has 4 nitrogen and oxygen atoms in total. The smallest absolute Gasteiger partial charge is 0.257 e. The van der Waals surface area contributed by atoms with Crippen LogP contribution >= 0.6 is 15.9 Å². The molecule has 0 aromatic heterocycles. The van der Waals surface area contributed by atoms with Crippen LogP contribution in [0.4, 0.5) is 11.4 Å². The van der Waals surface area contributed by atoms with E-state index in [-0.39, 0.29) is 12.5 Å². The van der Waals surface area contributed by atoms with E-state index in [1.54, 1.807) is 6.20 Å². The van der Waals surface area contributed by atoms with Gasteiger partial charge in [0.05, 0.1) is 17.9 Å². The number of hydrogen-bond donors (Lipinski definition) is 3. The normalized spacial score (nSPS) is 15.0. The summed E-state index contributed by atoms with van der Waals surface area (Å²) in [4.78, 5) is 12.0. The molecule has 2 aromatic rings. The highest BCUT2D eigenvalue weighted by Gasteiger charge is 2.23. The van der Waals surface area contributed by atoms with Crippen molar-refractivity contribution >= 4 is 38.8 Å². The summed E-state index contributed by atoms with van der Waals surface area (Å²) < 4.78 is 0.923. The van der Waals surface area contributed by atoms with Crippen molar-refractivity contribution in [2.75, 3.05) is 10.6 Å². The van der Waals surface area contributed by atoms with Gasteiger partial charge in [0.15, 0.2) is 0 Å². The van der Waals surface area contributed by atoms with Gasteiger partial charge >= 0.3 is 0 Å². The van der Waals surface area contributed by atoms with Crippen LogP contribution in [-0.2, 0) is 11.4 Å². The van der Waals surface area contributed by atoms with Crippen LogP contribution in [0.5, 0.6) is 0 Å². The Morgan fingerprint density at radius 3 is 2.90 bits per heavy atom. The van der Waals surface area contributed by atoms with Crippen molar-refractivity contribution in [1.29, 1.82) is 0 Å². The third-order valence-corrected chi connectivity index (χ3v) is 3.75. The standard InChI is InChI=1S/C16H13BrN2O2/c17-11-4-5-13-14(16(21)19-15(13)7-11)8-18-12-3-1-2-10(6-12)9-20/h1-8,18,20H,9H2,(H,19,21)/b14-8-. The number of carbonyl (C=O) groups excluding carboxylic acids is 1. The minimum absolute atomic E-state index is 0.0105. The minimum atomic E-state index is -0.131. The summed E-state index contributed by atoms with van der Waals surface area (Å²) in [6, 6.07) is 13.1. The summed E-state index contributed by atoms with van der Waals surface area (Å²) in [6.45, 7) is -0.0105. The number of anilines is 2. The van der Waals surface area contributed by atoms with E-state index in [0.29, 0.717) is 5.57 Å². The average molecular weight is 345 g/mol. The predicted octanol–water partition coefficient (Wildman–Crippen LogP) is 3.35. The lowest BCUT2D eigenvalue weighted by atomic mass is 10.1. The SMILES string of the molecule is O=C1Nc2cc(Br)ccc2/C1=C/Nc1cccc(CO)c1. The molecule has 5 heteroatoms. The van der Waals surface area contributed by atoms with Crippen LogP contribution in [0.1, 0.15) is 11.1 Å². The Morgan fingerprint density at radius 1 is 1.24 bits per heavy atom. The highest BCUT2D eigenvalue weighted by molar-refractivity contribution is 9.10. The molecule has 0 fully saturated rings. The van der Waals surface area contributed by atoms with E-state index in [4.69, 9.17) is 5.11 Å². The number of benzene rings is 2. The number of amides is 1. The molecule has 0 spiro atoms. The first kappa shape index (κ1) is 13.9. The molecule has 0 saturated heterocycles. The van der Waals surface area contributed by atoms with Crippen LogP contribution in [0.15, 0.2) is 53.1 Å². The maximum atomic E-state index is 12.0. The molecule has 2 aromatic carbocycles. The van der Waals surface area contributed by atoms with E-state index >= 15 is 0 Å². The fourth-order valence-corrected chi connectivity index (χ4v) is 2.59. The number of hydrogen-bond acceptors (Lipinski definition) is 3. The monoisotopic (exact) mass is 344 g/mol. The number of aliphatic hydroxyl groups excluding tert-OH is 1. The van der Waals surface area contributed by atoms with Crippen molar-refractivity contribution in [2.45, 2.75) is 6.61 Å². The first-order valence-corrected chi connectivity index (χ1v) is 7.24. The fraction of sp³-hybridized carbons (Fsp3) is 0.0625. The number of aliphatic hydroxyl groups is 1. The predicted molar refractivity (Wildman–Crippen MR) is 86.7 cm³/mol. The van der Waals surface area contributed by atoms with Gasteiger partial charge in [0.25, 0.3) is 5.91 Å². The lowest BCUT2D eigenvalue weighted by Crippen LogP contribution is -2.05. The van der Waals surface area contributed by atoms with E-state index in [1.165, 1.54) is 0 Å². The Balaban J connectivity index is 1.88. The highest BCUT2D eigenvalue weighted by Crippen LogP contribution is 2.33. The zero-order valence-corrected chi connectivity index (χ0v) is 12.6. The Hall–Kier alpha value is -2.11. The second-order valence-corrected chi connectivity index (χ2v) is 5.62. The van der Waals surface area contributed by atoms with Crippen LogP contribution < -0.4 is 10.6 Å². The van der Waals surface area contributed by atoms with Gasteiger partial charge < -0.3 is 15.7 Å². The largest absolute Gasteiger partial charge is 0.392 e. The van der Waals surface area contributed by atoms with Gasteiger partial charge in [-0.2, -0.15) is 0 Å². The topological polar surface area (TPSA) is 61.4 Å². The molecule has 0 saturated carbocycles. The van der Waals surface area contributed by atoms with Crippen LogP contribution in [0.3, 0.4) is 0 Å². The minimum Gasteiger partial charge on any atom is -0.392 e. The second kappa shape index (κ2) is 5.71. The maximum absolute atomic E-state index is 12.0. The van der Waals surface area contributed by atoms with Gasteiger partial charge in [-0.1, -0.05) is 34.1 Å².